The third-order valence-corrected chi connectivity index (χ3v) is 5.36. The first-order valence-electron chi connectivity index (χ1n) is 9.38. The summed E-state index contributed by atoms with van der Waals surface area (Å²) in [7, 11) is 2.23. The summed E-state index contributed by atoms with van der Waals surface area (Å²) in [5.74, 6) is 1.66. The number of aliphatic hydroxyl groups is 1. The Labute approximate surface area is 137 Å². The van der Waals surface area contributed by atoms with E-state index in [0.717, 1.165) is 24.9 Å². The maximum Gasteiger partial charge on any atom is 0.0793 e. The molecule has 4 nitrogen and oxygen atoms in total. The Morgan fingerprint density at radius 3 is 2.41 bits per heavy atom. The number of hydrogen-bond donors (Lipinski definition) is 1. The molecule has 0 radical (unpaired) electrons. The fourth-order valence-electron chi connectivity index (χ4n) is 4.04. The van der Waals surface area contributed by atoms with E-state index in [4.69, 9.17) is 0 Å². The highest BCUT2D eigenvalue weighted by Gasteiger charge is 2.26. The number of likely N-dealkylation sites (tertiary alicyclic amines) is 2. The molecule has 2 unspecified atom stereocenters. The Balaban J connectivity index is 1.62. The summed E-state index contributed by atoms with van der Waals surface area (Å²) in [4.78, 5) is 7.38. The largest absolute Gasteiger partial charge is 0.390 e. The zero-order chi connectivity index (χ0) is 15.9. The van der Waals surface area contributed by atoms with Gasteiger partial charge >= 0.3 is 0 Å². The minimum absolute atomic E-state index is 0.180. The van der Waals surface area contributed by atoms with Crippen molar-refractivity contribution in [3.05, 3.63) is 0 Å². The maximum absolute atomic E-state index is 10.4. The van der Waals surface area contributed by atoms with Crippen molar-refractivity contribution in [2.45, 2.75) is 45.6 Å². The lowest BCUT2D eigenvalue weighted by Crippen LogP contribution is -2.42. The first kappa shape index (κ1) is 18.2. The quantitative estimate of drug-likeness (QED) is 0.739. The monoisotopic (exact) mass is 311 g/mol. The van der Waals surface area contributed by atoms with Crippen LogP contribution in [-0.2, 0) is 0 Å². The van der Waals surface area contributed by atoms with Gasteiger partial charge in [-0.15, -0.1) is 0 Å². The fourth-order valence-corrected chi connectivity index (χ4v) is 4.04. The van der Waals surface area contributed by atoms with Gasteiger partial charge in [-0.05, 0) is 70.7 Å². The van der Waals surface area contributed by atoms with Gasteiger partial charge in [-0.2, -0.15) is 0 Å². The second-order valence-electron chi connectivity index (χ2n) is 7.81. The molecular weight excluding hydrogens is 274 g/mol. The van der Waals surface area contributed by atoms with Crippen LogP contribution in [0.5, 0.6) is 0 Å². The summed E-state index contributed by atoms with van der Waals surface area (Å²) in [5, 5.41) is 10.4. The van der Waals surface area contributed by atoms with Crippen molar-refractivity contribution in [3.8, 4) is 0 Å². The molecule has 0 aromatic heterocycles. The molecule has 2 aliphatic heterocycles. The molecular formula is C18H37N3O. The first-order valence-corrected chi connectivity index (χ1v) is 9.38. The molecule has 0 spiro atoms. The SMILES string of the molecule is CCCN(C)CC1CCN(CC(O)CN2CCC(C)CC2)C1. The Morgan fingerprint density at radius 1 is 1.09 bits per heavy atom. The summed E-state index contributed by atoms with van der Waals surface area (Å²) in [5.41, 5.74) is 0. The highest BCUT2D eigenvalue weighted by molar-refractivity contribution is 4.81. The Morgan fingerprint density at radius 2 is 1.73 bits per heavy atom. The molecule has 4 heteroatoms. The van der Waals surface area contributed by atoms with Gasteiger partial charge in [-0.3, -0.25) is 0 Å². The van der Waals surface area contributed by atoms with Crippen LogP contribution >= 0.6 is 0 Å². The van der Waals surface area contributed by atoms with Crippen LogP contribution in [-0.4, -0.2) is 85.3 Å². The van der Waals surface area contributed by atoms with Crippen molar-refractivity contribution < 1.29 is 5.11 Å². The maximum atomic E-state index is 10.4. The molecule has 130 valence electrons. The number of hydrogen-bond acceptors (Lipinski definition) is 4. The number of piperidine rings is 1. The van der Waals surface area contributed by atoms with E-state index in [9.17, 15) is 5.11 Å². The van der Waals surface area contributed by atoms with E-state index in [1.165, 1.54) is 65.0 Å². The van der Waals surface area contributed by atoms with Crippen LogP contribution in [0.3, 0.4) is 0 Å². The number of β-amino-alcohol motifs (C(OH)–C–C–N with tert-alkyl or cyclic N) is 1. The molecule has 2 atom stereocenters. The molecule has 22 heavy (non-hydrogen) atoms. The summed E-state index contributed by atoms with van der Waals surface area (Å²) in [6.07, 6.45) is 4.94. The van der Waals surface area contributed by atoms with E-state index in [2.05, 4.69) is 35.6 Å². The molecule has 2 fully saturated rings. The standard InChI is InChI=1S/C18H37N3O/c1-4-8-19(3)12-17-7-11-21(13-17)15-18(22)14-20-9-5-16(2)6-10-20/h16-18,22H,4-15H2,1-3H3. The Bertz CT molecular complexity index is 305. The van der Waals surface area contributed by atoms with Gasteiger partial charge in [0.25, 0.3) is 0 Å². The highest BCUT2D eigenvalue weighted by atomic mass is 16.3. The van der Waals surface area contributed by atoms with Gasteiger partial charge in [0.1, 0.15) is 0 Å². The molecule has 0 aliphatic carbocycles. The van der Waals surface area contributed by atoms with E-state index in [1.807, 2.05) is 0 Å². The second kappa shape index (κ2) is 9.21. The Hall–Kier alpha value is -0.160. The van der Waals surface area contributed by atoms with Gasteiger partial charge in [0.15, 0.2) is 0 Å². The molecule has 0 amide bonds. The van der Waals surface area contributed by atoms with Crippen LogP contribution < -0.4 is 0 Å². The van der Waals surface area contributed by atoms with Crippen molar-refractivity contribution in [1.82, 2.24) is 14.7 Å². The molecule has 0 saturated carbocycles. The molecule has 2 aliphatic rings. The van der Waals surface area contributed by atoms with Gasteiger partial charge in [-0.25, -0.2) is 0 Å². The van der Waals surface area contributed by atoms with Crippen LogP contribution in [0.1, 0.15) is 39.5 Å². The highest BCUT2D eigenvalue weighted by Crippen LogP contribution is 2.19. The van der Waals surface area contributed by atoms with Crippen LogP contribution in [0, 0.1) is 11.8 Å². The lowest BCUT2D eigenvalue weighted by atomic mass is 9.99. The van der Waals surface area contributed by atoms with Gasteiger partial charge in [-0.1, -0.05) is 13.8 Å². The van der Waals surface area contributed by atoms with E-state index in [0.29, 0.717) is 0 Å². The minimum atomic E-state index is -0.180. The topological polar surface area (TPSA) is 30.0 Å². The van der Waals surface area contributed by atoms with E-state index < -0.39 is 0 Å². The second-order valence-corrected chi connectivity index (χ2v) is 7.81. The minimum Gasteiger partial charge on any atom is -0.390 e. The molecule has 0 aromatic rings. The van der Waals surface area contributed by atoms with E-state index in [-0.39, 0.29) is 6.10 Å². The van der Waals surface area contributed by atoms with Gasteiger partial charge in [0.05, 0.1) is 6.10 Å². The molecule has 0 aromatic carbocycles. The normalized spacial score (nSPS) is 26.9. The average molecular weight is 312 g/mol. The van der Waals surface area contributed by atoms with E-state index >= 15 is 0 Å². The fraction of sp³-hybridized carbons (Fsp3) is 1.00. The van der Waals surface area contributed by atoms with E-state index in [1.54, 1.807) is 0 Å². The molecule has 2 saturated heterocycles. The smallest absolute Gasteiger partial charge is 0.0793 e. The molecule has 2 heterocycles. The van der Waals surface area contributed by atoms with Crippen molar-refractivity contribution >= 4 is 0 Å². The first-order chi connectivity index (χ1) is 10.6. The summed E-state index contributed by atoms with van der Waals surface area (Å²) < 4.78 is 0. The van der Waals surface area contributed by atoms with Crippen molar-refractivity contribution in [1.29, 1.82) is 0 Å². The number of aliphatic hydroxyl groups excluding tert-OH is 1. The van der Waals surface area contributed by atoms with Gasteiger partial charge in [0, 0.05) is 26.2 Å². The van der Waals surface area contributed by atoms with Crippen molar-refractivity contribution in [2.75, 3.05) is 59.4 Å². The van der Waals surface area contributed by atoms with Gasteiger partial charge in [0.2, 0.25) is 0 Å². The van der Waals surface area contributed by atoms with Crippen LogP contribution in [0.4, 0.5) is 0 Å². The average Bonchev–Trinajstić information content (AvgIpc) is 2.88. The van der Waals surface area contributed by atoms with Crippen LogP contribution in [0.2, 0.25) is 0 Å². The summed E-state index contributed by atoms with van der Waals surface area (Å²) in [6, 6.07) is 0. The Kier molecular flexibility index (Phi) is 7.61. The lowest BCUT2D eigenvalue weighted by Gasteiger charge is -2.32. The van der Waals surface area contributed by atoms with Crippen LogP contribution in [0.15, 0.2) is 0 Å². The zero-order valence-corrected chi connectivity index (χ0v) is 15.0. The molecule has 2 rings (SSSR count). The summed E-state index contributed by atoms with van der Waals surface area (Å²) in [6.45, 7) is 13.4. The molecule has 0 bridgehead atoms. The predicted molar refractivity (Wildman–Crippen MR) is 93.2 cm³/mol. The molecule has 1 N–H and O–H groups in total. The number of nitrogens with zero attached hydrogens (tertiary/aromatic N) is 3. The zero-order valence-electron chi connectivity index (χ0n) is 15.0. The van der Waals surface area contributed by atoms with Crippen LogP contribution in [0.25, 0.3) is 0 Å². The third kappa shape index (κ3) is 6.15. The predicted octanol–water partition coefficient (Wildman–Crippen LogP) is 1.74. The third-order valence-electron chi connectivity index (χ3n) is 5.36. The van der Waals surface area contributed by atoms with Crippen molar-refractivity contribution in [2.24, 2.45) is 11.8 Å². The summed E-state index contributed by atoms with van der Waals surface area (Å²) >= 11 is 0. The lowest BCUT2D eigenvalue weighted by molar-refractivity contribution is 0.0661. The number of rotatable bonds is 8. The van der Waals surface area contributed by atoms with Gasteiger partial charge < -0.3 is 19.8 Å². The van der Waals surface area contributed by atoms with Crippen molar-refractivity contribution in [3.63, 3.8) is 0 Å².